The predicted octanol–water partition coefficient (Wildman–Crippen LogP) is 6.43. The van der Waals surface area contributed by atoms with Crippen LogP contribution in [0.5, 0.6) is 11.6 Å². The lowest BCUT2D eigenvalue weighted by Crippen LogP contribution is -2.48. The Balaban J connectivity index is 2.60. The largest absolute Gasteiger partial charge is 0.468 e. The van der Waals surface area contributed by atoms with Gasteiger partial charge in [-0.2, -0.15) is 0 Å². The highest BCUT2D eigenvalue weighted by Gasteiger charge is 2.51. The van der Waals surface area contributed by atoms with Crippen molar-refractivity contribution in [3.05, 3.63) is 64.5 Å². The molecule has 4 nitrogen and oxygen atoms in total. The molecule has 0 N–H and O–H groups in total. The van der Waals surface area contributed by atoms with Gasteiger partial charge in [-0.3, -0.25) is 4.79 Å². The smallest absolute Gasteiger partial charge is 0.318 e. The number of benzene rings is 1. The zero-order valence-electron chi connectivity index (χ0n) is 16.8. The monoisotopic (exact) mass is 439 g/mol. The molecule has 0 aliphatic carbocycles. The van der Waals surface area contributed by atoms with Gasteiger partial charge in [0, 0.05) is 12.0 Å². The maximum absolute atomic E-state index is 13.1. The molecule has 0 aliphatic heterocycles. The summed E-state index contributed by atoms with van der Waals surface area (Å²) in [5.74, 6) is -0.625. The molecule has 1 aromatic carbocycles. The quantitative estimate of drug-likeness (QED) is 0.444. The molecule has 7 heteroatoms. The number of hydrogen-bond donors (Lipinski definition) is 0. The first-order valence-electron chi connectivity index (χ1n) is 9.27. The summed E-state index contributed by atoms with van der Waals surface area (Å²) in [4.78, 5) is 17.7. The van der Waals surface area contributed by atoms with Crippen molar-refractivity contribution < 1.29 is 18.7 Å². The van der Waals surface area contributed by atoms with Gasteiger partial charge in [-0.05, 0) is 48.7 Å². The van der Waals surface area contributed by atoms with E-state index in [1.807, 2.05) is 20.8 Å². The average molecular weight is 440 g/mol. The molecule has 0 fully saturated rings. The van der Waals surface area contributed by atoms with E-state index in [0.29, 0.717) is 17.9 Å². The number of hydrogen-bond acceptors (Lipinski definition) is 4. The van der Waals surface area contributed by atoms with Gasteiger partial charge < -0.3 is 9.47 Å². The molecule has 2 unspecified atom stereocenters. The van der Waals surface area contributed by atoms with E-state index in [2.05, 4.69) is 4.98 Å². The highest BCUT2D eigenvalue weighted by atomic mass is 35.5. The zero-order chi connectivity index (χ0) is 21.6. The van der Waals surface area contributed by atoms with E-state index in [1.54, 1.807) is 24.3 Å². The van der Waals surface area contributed by atoms with Gasteiger partial charge in [0.2, 0.25) is 5.88 Å². The summed E-state index contributed by atoms with van der Waals surface area (Å²) in [6.07, 6.45) is 2.23. The molecule has 1 heterocycles. The Morgan fingerprint density at radius 2 is 1.86 bits per heavy atom. The van der Waals surface area contributed by atoms with E-state index < -0.39 is 11.4 Å². The molecule has 0 radical (unpaired) electrons. The lowest BCUT2D eigenvalue weighted by Gasteiger charge is -2.39. The van der Waals surface area contributed by atoms with E-state index >= 15 is 0 Å². The first-order valence-corrected chi connectivity index (χ1v) is 10.0. The first kappa shape index (κ1) is 23.2. The summed E-state index contributed by atoms with van der Waals surface area (Å²) < 4.78 is 24.2. The molecular weight excluding hydrogens is 416 g/mol. The highest BCUT2D eigenvalue weighted by molar-refractivity contribution is 6.55. The maximum Gasteiger partial charge on any atom is 0.318 e. The van der Waals surface area contributed by atoms with E-state index in [4.69, 9.17) is 32.7 Å². The Morgan fingerprint density at radius 3 is 2.38 bits per heavy atom. The van der Waals surface area contributed by atoms with Crippen molar-refractivity contribution in [3.63, 3.8) is 0 Å². The fraction of sp³-hybridized carbons (Fsp3) is 0.364. The molecule has 2 atom stereocenters. The average Bonchev–Trinajstić information content (AvgIpc) is 2.69. The topological polar surface area (TPSA) is 48.4 Å². The van der Waals surface area contributed by atoms with Gasteiger partial charge in [-0.25, -0.2) is 9.37 Å². The van der Waals surface area contributed by atoms with Crippen LogP contribution in [0.2, 0.25) is 0 Å². The molecular formula is C22H24Cl2FNO3. The zero-order valence-corrected chi connectivity index (χ0v) is 18.3. The standard InChI is InChI=1S/C22H24Cl2FNO3/c1-5-15(13-19(23)24)22(14(2)3,21(27)28-4)18-7-6-8-20(26-18)29-17-11-9-16(25)10-12-17/h6-15H,5H2,1-4H3. The van der Waals surface area contributed by atoms with Gasteiger partial charge in [0.15, 0.2) is 0 Å². The van der Waals surface area contributed by atoms with Crippen LogP contribution in [0.1, 0.15) is 32.9 Å². The minimum atomic E-state index is -1.12. The van der Waals surface area contributed by atoms with Crippen LogP contribution in [0.15, 0.2) is 53.0 Å². The van der Waals surface area contributed by atoms with Gasteiger partial charge >= 0.3 is 5.97 Å². The number of nitrogens with zero attached hydrogens (tertiary/aromatic N) is 1. The molecule has 0 amide bonds. The summed E-state index contributed by atoms with van der Waals surface area (Å²) in [7, 11) is 1.34. The molecule has 0 saturated carbocycles. The number of carbonyl (C=O) groups excluding carboxylic acids is 1. The molecule has 0 bridgehead atoms. The number of carbonyl (C=O) groups is 1. The molecule has 29 heavy (non-hydrogen) atoms. The lowest BCUT2D eigenvalue weighted by molar-refractivity contribution is -0.152. The van der Waals surface area contributed by atoms with Gasteiger partial charge in [0.25, 0.3) is 0 Å². The van der Waals surface area contributed by atoms with Gasteiger partial charge in [-0.15, -0.1) is 0 Å². The third-order valence-electron chi connectivity index (χ3n) is 4.97. The summed E-state index contributed by atoms with van der Waals surface area (Å²) in [6, 6.07) is 10.8. The molecule has 156 valence electrons. The van der Waals surface area contributed by atoms with E-state index in [9.17, 15) is 9.18 Å². The second-order valence-electron chi connectivity index (χ2n) is 6.90. The van der Waals surface area contributed by atoms with Crippen LogP contribution in [0, 0.1) is 17.7 Å². The van der Waals surface area contributed by atoms with Gasteiger partial charge in [0.1, 0.15) is 21.5 Å². The number of aromatic nitrogens is 1. The third-order valence-corrected chi connectivity index (χ3v) is 5.22. The number of methoxy groups -OCH3 is 1. The van der Waals surface area contributed by atoms with Crippen molar-refractivity contribution in [2.75, 3.05) is 7.11 Å². The third kappa shape index (κ3) is 5.09. The Bertz CT molecular complexity index is 867. The second-order valence-corrected chi connectivity index (χ2v) is 7.91. The van der Waals surface area contributed by atoms with Crippen LogP contribution in [0.3, 0.4) is 0 Å². The molecule has 0 saturated heterocycles. The summed E-state index contributed by atoms with van der Waals surface area (Å²) in [5, 5.41) is 0. The molecule has 2 rings (SSSR count). The molecule has 0 spiro atoms. The molecule has 1 aromatic heterocycles. The summed E-state index contributed by atoms with van der Waals surface area (Å²) >= 11 is 11.9. The Hall–Kier alpha value is -2.11. The number of halogens is 3. The predicted molar refractivity (Wildman–Crippen MR) is 113 cm³/mol. The normalized spacial score (nSPS) is 14.1. The summed E-state index contributed by atoms with van der Waals surface area (Å²) in [6.45, 7) is 5.78. The number of esters is 1. The SMILES string of the molecule is CCC(C=C(Cl)Cl)C(C(=O)OC)(c1cccc(Oc2ccc(F)cc2)n1)C(C)C. The fourth-order valence-corrected chi connectivity index (χ4v) is 3.93. The highest BCUT2D eigenvalue weighted by Crippen LogP contribution is 2.44. The van der Waals surface area contributed by atoms with E-state index in [1.165, 1.54) is 31.4 Å². The number of ether oxygens (including phenoxy) is 2. The van der Waals surface area contributed by atoms with Crippen molar-refractivity contribution in [1.82, 2.24) is 4.98 Å². The minimum Gasteiger partial charge on any atom is -0.468 e. The van der Waals surface area contributed by atoms with Crippen molar-refractivity contribution in [2.45, 2.75) is 32.6 Å². The fourth-order valence-electron chi connectivity index (χ4n) is 3.62. The lowest BCUT2D eigenvalue weighted by atomic mass is 9.64. The van der Waals surface area contributed by atoms with Crippen LogP contribution >= 0.6 is 23.2 Å². The Kier molecular flexibility index (Phi) is 8.05. The second kappa shape index (κ2) is 10.1. The van der Waals surface area contributed by atoms with Crippen molar-refractivity contribution in [1.29, 1.82) is 0 Å². The van der Waals surface area contributed by atoms with Crippen LogP contribution in [0.4, 0.5) is 4.39 Å². The van der Waals surface area contributed by atoms with E-state index in [0.717, 1.165) is 0 Å². The number of allylic oxidation sites excluding steroid dienone is 1. The van der Waals surface area contributed by atoms with Gasteiger partial charge in [0.05, 0.1) is 12.8 Å². The Labute approximate surface area is 180 Å². The Morgan fingerprint density at radius 1 is 1.21 bits per heavy atom. The molecule has 2 aromatic rings. The van der Waals surface area contributed by atoms with Crippen LogP contribution < -0.4 is 4.74 Å². The van der Waals surface area contributed by atoms with Crippen LogP contribution in [-0.2, 0) is 14.9 Å². The van der Waals surface area contributed by atoms with Crippen LogP contribution in [-0.4, -0.2) is 18.1 Å². The molecule has 0 aliphatic rings. The van der Waals surface area contributed by atoms with E-state index in [-0.39, 0.29) is 28.0 Å². The number of pyridine rings is 1. The van der Waals surface area contributed by atoms with Crippen LogP contribution in [0.25, 0.3) is 0 Å². The minimum absolute atomic E-state index is 0.0736. The number of rotatable bonds is 8. The van der Waals surface area contributed by atoms with Crippen molar-refractivity contribution >= 4 is 29.2 Å². The maximum atomic E-state index is 13.1. The van der Waals surface area contributed by atoms with Gasteiger partial charge in [-0.1, -0.05) is 50.0 Å². The summed E-state index contributed by atoms with van der Waals surface area (Å²) in [5.41, 5.74) is -0.641. The first-order chi connectivity index (χ1) is 13.7. The van der Waals surface area contributed by atoms with Crippen molar-refractivity contribution in [2.24, 2.45) is 11.8 Å². The van der Waals surface area contributed by atoms with Crippen molar-refractivity contribution in [3.8, 4) is 11.6 Å².